The fourth-order valence-electron chi connectivity index (χ4n) is 4.28. The minimum absolute atomic E-state index is 0.0482. The number of methoxy groups -OCH3 is 1. The first-order chi connectivity index (χ1) is 13.2. The number of hydrogen-bond donors (Lipinski definition) is 1. The van der Waals surface area contributed by atoms with Crippen molar-refractivity contribution in [1.29, 1.82) is 0 Å². The molecule has 1 N–H and O–H groups in total. The smallest absolute Gasteiger partial charge is 0.193 e. The Morgan fingerprint density at radius 2 is 2.04 bits per heavy atom. The van der Waals surface area contributed by atoms with Crippen LogP contribution in [0.4, 0.5) is 0 Å². The molecule has 2 heterocycles. The zero-order chi connectivity index (χ0) is 19.1. The van der Waals surface area contributed by atoms with E-state index in [4.69, 9.17) is 14.5 Å². The summed E-state index contributed by atoms with van der Waals surface area (Å²) in [5, 5.41) is 3.52. The summed E-state index contributed by atoms with van der Waals surface area (Å²) in [4.78, 5) is 7.57. The normalized spacial score (nSPS) is 23.1. The van der Waals surface area contributed by atoms with Crippen LogP contribution >= 0.6 is 0 Å². The highest BCUT2D eigenvalue weighted by Crippen LogP contribution is 2.36. The van der Waals surface area contributed by atoms with Gasteiger partial charge in [-0.25, -0.2) is 0 Å². The number of hydrogen-bond acceptors (Lipinski definition) is 3. The van der Waals surface area contributed by atoms with Gasteiger partial charge in [-0.15, -0.1) is 0 Å². The van der Waals surface area contributed by atoms with Gasteiger partial charge in [0.1, 0.15) is 5.75 Å². The van der Waals surface area contributed by atoms with Gasteiger partial charge in [-0.2, -0.15) is 0 Å². The molecule has 1 atom stereocenters. The van der Waals surface area contributed by atoms with E-state index < -0.39 is 0 Å². The lowest BCUT2D eigenvalue weighted by Crippen LogP contribution is -2.47. The lowest BCUT2D eigenvalue weighted by Gasteiger charge is -2.38. The van der Waals surface area contributed by atoms with Gasteiger partial charge in [0.2, 0.25) is 0 Å². The molecular weight excluding hydrogens is 338 g/mol. The number of rotatable bonds is 5. The molecule has 1 aromatic rings. The molecule has 3 rings (SSSR count). The average molecular weight is 374 g/mol. The van der Waals surface area contributed by atoms with Crippen LogP contribution < -0.4 is 10.1 Å². The van der Waals surface area contributed by atoms with Crippen molar-refractivity contribution >= 4 is 5.96 Å². The average Bonchev–Trinajstić information content (AvgIpc) is 2.72. The molecule has 0 bridgehead atoms. The molecule has 0 amide bonds. The maximum absolute atomic E-state index is 5.68. The Morgan fingerprint density at radius 1 is 1.30 bits per heavy atom. The zero-order valence-corrected chi connectivity index (χ0v) is 17.2. The van der Waals surface area contributed by atoms with Gasteiger partial charge in [0.05, 0.1) is 13.7 Å². The van der Waals surface area contributed by atoms with Crippen LogP contribution in [0, 0.1) is 5.92 Å². The van der Waals surface area contributed by atoms with Crippen LogP contribution in [-0.4, -0.2) is 57.4 Å². The highest BCUT2D eigenvalue weighted by atomic mass is 16.5. The van der Waals surface area contributed by atoms with Gasteiger partial charge in [0.15, 0.2) is 5.96 Å². The third-order valence-corrected chi connectivity index (χ3v) is 5.98. The van der Waals surface area contributed by atoms with Crippen LogP contribution in [0.3, 0.4) is 0 Å². The minimum atomic E-state index is 0.0482. The standard InChI is InChI=1S/C22H35N3O2/c1-4-23-21(25-13-5-6-18(2)16-25)24-17-22(11-14-27-15-12-22)19-7-9-20(26-3)10-8-19/h7-10,18H,4-6,11-17H2,1-3H3,(H,23,24). The molecule has 2 aliphatic rings. The predicted octanol–water partition coefficient (Wildman–Crippen LogP) is 3.44. The molecule has 0 saturated carbocycles. The Labute approximate surface area is 164 Å². The van der Waals surface area contributed by atoms with Gasteiger partial charge >= 0.3 is 0 Å². The van der Waals surface area contributed by atoms with Crippen molar-refractivity contribution in [3.8, 4) is 5.75 Å². The maximum atomic E-state index is 5.68. The van der Waals surface area contributed by atoms with Crippen LogP contribution in [0.2, 0.25) is 0 Å². The number of aliphatic imine (C=N–C) groups is 1. The number of piperidine rings is 1. The predicted molar refractivity (Wildman–Crippen MR) is 111 cm³/mol. The van der Waals surface area contributed by atoms with Crippen molar-refractivity contribution in [3.05, 3.63) is 29.8 Å². The number of nitrogens with zero attached hydrogens (tertiary/aromatic N) is 2. The summed E-state index contributed by atoms with van der Waals surface area (Å²) in [6.45, 7) is 10.0. The second-order valence-electron chi connectivity index (χ2n) is 7.98. The van der Waals surface area contributed by atoms with Crippen molar-refractivity contribution in [2.75, 3.05) is 46.5 Å². The van der Waals surface area contributed by atoms with Crippen LogP contribution in [0.25, 0.3) is 0 Å². The Hall–Kier alpha value is -1.75. The summed E-state index contributed by atoms with van der Waals surface area (Å²) < 4.78 is 11.0. The molecule has 1 aromatic carbocycles. The molecule has 0 aliphatic carbocycles. The maximum Gasteiger partial charge on any atom is 0.193 e. The van der Waals surface area contributed by atoms with E-state index >= 15 is 0 Å². The van der Waals surface area contributed by atoms with E-state index in [-0.39, 0.29) is 5.41 Å². The second kappa shape index (κ2) is 9.45. The van der Waals surface area contributed by atoms with Crippen molar-refractivity contribution in [3.63, 3.8) is 0 Å². The fourth-order valence-corrected chi connectivity index (χ4v) is 4.28. The van der Waals surface area contributed by atoms with Gasteiger partial charge in [-0.05, 0) is 56.2 Å². The molecule has 5 heteroatoms. The van der Waals surface area contributed by atoms with E-state index in [0.717, 1.165) is 69.9 Å². The third-order valence-electron chi connectivity index (χ3n) is 5.98. The number of likely N-dealkylation sites (tertiary alicyclic amines) is 1. The van der Waals surface area contributed by atoms with Crippen LogP contribution in [-0.2, 0) is 10.2 Å². The molecule has 1 unspecified atom stereocenters. The van der Waals surface area contributed by atoms with Crippen molar-refractivity contribution < 1.29 is 9.47 Å². The van der Waals surface area contributed by atoms with Crippen molar-refractivity contribution in [1.82, 2.24) is 10.2 Å². The van der Waals surface area contributed by atoms with Gasteiger partial charge in [0, 0.05) is 38.3 Å². The molecule has 0 spiro atoms. The number of guanidine groups is 1. The van der Waals surface area contributed by atoms with Crippen molar-refractivity contribution in [2.45, 2.75) is 44.9 Å². The second-order valence-corrected chi connectivity index (χ2v) is 7.98. The largest absolute Gasteiger partial charge is 0.497 e. The molecule has 5 nitrogen and oxygen atoms in total. The molecule has 27 heavy (non-hydrogen) atoms. The molecule has 2 saturated heterocycles. The van der Waals surface area contributed by atoms with Crippen LogP contribution in [0.1, 0.15) is 45.1 Å². The van der Waals surface area contributed by atoms with Gasteiger partial charge in [0.25, 0.3) is 0 Å². The van der Waals surface area contributed by atoms with Gasteiger partial charge in [-0.1, -0.05) is 19.1 Å². The summed E-state index contributed by atoms with van der Waals surface area (Å²) in [7, 11) is 1.71. The summed E-state index contributed by atoms with van der Waals surface area (Å²) in [5.41, 5.74) is 1.39. The number of ether oxygens (including phenoxy) is 2. The minimum Gasteiger partial charge on any atom is -0.497 e. The lowest BCUT2D eigenvalue weighted by atomic mass is 9.74. The Balaban J connectivity index is 1.82. The van der Waals surface area contributed by atoms with E-state index in [1.165, 1.54) is 18.4 Å². The molecule has 2 fully saturated rings. The summed E-state index contributed by atoms with van der Waals surface area (Å²) in [5.74, 6) is 2.71. The van der Waals surface area contributed by atoms with Gasteiger partial charge in [-0.3, -0.25) is 4.99 Å². The highest BCUT2D eigenvalue weighted by Gasteiger charge is 2.35. The highest BCUT2D eigenvalue weighted by molar-refractivity contribution is 5.80. The molecule has 0 aromatic heterocycles. The zero-order valence-electron chi connectivity index (χ0n) is 17.2. The number of nitrogens with one attached hydrogen (secondary N) is 1. The quantitative estimate of drug-likeness (QED) is 0.634. The molecule has 2 aliphatic heterocycles. The SMILES string of the molecule is CCNC(=NCC1(c2ccc(OC)cc2)CCOCC1)N1CCCC(C)C1. The third kappa shape index (κ3) is 4.95. The van der Waals surface area contributed by atoms with Crippen LogP contribution in [0.5, 0.6) is 5.75 Å². The van der Waals surface area contributed by atoms with Crippen LogP contribution in [0.15, 0.2) is 29.3 Å². The lowest BCUT2D eigenvalue weighted by molar-refractivity contribution is 0.0529. The first-order valence-corrected chi connectivity index (χ1v) is 10.4. The first kappa shape index (κ1) is 20.0. The monoisotopic (exact) mass is 373 g/mol. The summed E-state index contributed by atoms with van der Waals surface area (Å²) in [6.07, 6.45) is 4.60. The summed E-state index contributed by atoms with van der Waals surface area (Å²) in [6, 6.07) is 8.53. The molecule has 150 valence electrons. The van der Waals surface area contributed by atoms with E-state index in [0.29, 0.717) is 0 Å². The van der Waals surface area contributed by atoms with E-state index in [1.807, 2.05) is 0 Å². The van der Waals surface area contributed by atoms with Gasteiger partial charge < -0.3 is 19.7 Å². The Kier molecular flexibility index (Phi) is 7.00. The van der Waals surface area contributed by atoms with Crippen molar-refractivity contribution in [2.24, 2.45) is 10.9 Å². The number of benzene rings is 1. The Morgan fingerprint density at radius 3 is 2.67 bits per heavy atom. The fraction of sp³-hybridized carbons (Fsp3) is 0.682. The van der Waals surface area contributed by atoms with E-state index in [2.05, 4.69) is 48.3 Å². The van der Waals surface area contributed by atoms with E-state index in [9.17, 15) is 0 Å². The Bertz CT molecular complexity index is 608. The van der Waals surface area contributed by atoms with E-state index in [1.54, 1.807) is 7.11 Å². The summed E-state index contributed by atoms with van der Waals surface area (Å²) >= 11 is 0. The topological polar surface area (TPSA) is 46.1 Å². The molecule has 0 radical (unpaired) electrons. The molecular formula is C22H35N3O2. The first-order valence-electron chi connectivity index (χ1n) is 10.4.